The third kappa shape index (κ3) is 6.96. The second kappa shape index (κ2) is 10.9. The second-order valence-corrected chi connectivity index (χ2v) is 8.07. The zero-order chi connectivity index (χ0) is 22.3. The van der Waals surface area contributed by atoms with Gasteiger partial charge in [-0.15, -0.1) is 0 Å². The van der Waals surface area contributed by atoms with Crippen LogP contribution in [-0.4, -0.2) is 53.5 Å². The summed E-state index contributed by atoms with van der Waals surface area (Å²) in [5.74, 6) is 0.126. The molecule has 2 rings (SSSR count). The number of carbonyl (C=O) groups excluding carboxylic acids is 3. The molecule has 0 bridgehead atoms. The molecular formula is C21H33N3O6. The van der Waals surface area contributed by atoms with Gasteiger partial charge >= 0.3 is 18.3 Å². The molecule has 0 aromatic rings. The lowest BCUT2D eigenvalue weighted by atomic mass is 9.82. The molecule has 1 N–H and O–H groups in total. The highest BCUT2D eigenvalue weighted by Crippen LogP contribution is 2.33. The number of amides is 3. The fourth-order valence-corrected chi connectivity index (χ4v) is 3.38. The Kier molecular flexibility index (Phi) is 8.56. The topological polar surface area (TPSA) is 97.4 Å². The lowest BCUT2D eigenvalue weighted by molar-refractivity contribution is 0.0558. The number of carbonyl (C=O) groups is 3. The minimum atomic E-state index is -0.789. The van der Waals surface area contributed by atoms with Crippen LogP contribution in [0.2, 0.25) is 0 Å². The maximum atomic E-state index is 12.8. The van der Waals surface area contributed by atoms with Crippen LogP contribution < -0.4 is 5.43 Å². The van der Waals surface area contributed by atoms with Crippen LogP contribution in [0.4, 0.5) is 14.4 Å². The Balaban J connectivity index is 2.34. The fraction of sp³-hybridized carbons (Fsp3) is 0.667. The molecule has 1 heterocycles. The zero-order valence-corrected chi connectivity index (χ0v) is 18.3. The van der Waals surface area contributed by atoms with Gasteiger partial charge in [-0.1, -0.05) is 18.6 Å². The van der Waals surface area contributed by atoms with Crippen molar-refractivity contribution in [2.75, 3.05) is 13.2 Å². The van der Waals surface area contributed by atoms with Gasteiger partial charge in [-0.3, -0.25) is 4.90 Å². The molecular weight excluding hydrogens is 390 g/mol. The van der Waals surface area contributed by atoms with Crippen molar-refractivity contribution in [2.45, 2.75) is 72.0 Å². The zero-order valence-electron chi connectivity index (χ0n) is 18.3. The number of nitrogens with zero attached hydrogens (tertiary/aromatic N) is 2. The molecule has 1 saturated heterocycles. The summed E-state index contributed by atoms with van der Waals surface area (Å²) in [5.41, 5.74) is 3.97. The third-order valence-corrected chi connectivity index (χ3v) is 4.78. The van der Waals surface area contributed by atoms with Gasteiger partial charge in [-0.05, 0) is 59.3 Å². The average molecular weight is 424 g/mol. The normalized spacial score (nSPS) is 19.7. The van der Waals surface area contributed by atoms with Crippen LogP contribution in [-0.2, 0) is 14.2 Å². The summed E-state index contributed by atoms with van der Waals surface area (Å²) in [7, 11) is 0. The van der Waals surface area contributed by atoms with E-state index in [2.05, 4.69) is 12.0 Å². The molecule has 0 aromatic heterocycles. The summed E-state index contributed by atoms with van der Waals surface area (Å²) in [5, 5.41) is 1.03. The van der Waals surface area contributed by atoms with E-state index in [9.17, 15) is 14.4 Å². The summed E-state index contributed by atoms with van der Waals surface area (Å²) in [6.45, 7) is 11.6. The van der Waals surface area contributed by atoms with Crippen molar-refractivity contribution in [2.24, 2.45) is 5.92 Å². The number of allylic oxidation sites excluding steroid dienone is 2. The molecule has 9 nitrogen and oxygen atoms in total. The molecule has 0 radical (unpaired) electrons. The molecule has 1 unspecified atom stereocenters. The Hall–Kier alpha value is -2.71. The smallest absolute Gasteiger partial charge is 0.433 e. The lowest BCUT2D eigenvalue weighted by Gasteiger charge is -2.31. The highest BCUT2D eigenvalue weighted by molar-refractivity contribution is 5.76. The summed E-state index contributed by atoms with van der Waals surface area (Å²) >= 11 is 0. The Morgan fingerprint density at radius 1 is 1.27 bits per heavy atom. The molecule has 1 atom stereocenters. The SMILES string of the molecule is C=C1CCCCC1C/C(=C/N1CCOC1=O)N(NC(=O)OC(C)C)C(=O)OC(C)C. The molecule has 2 aliphatic rings. The number of hydrogen-bond donors (Lipinski definition) is 1. The quantitative estimate of drug-likeness (QED) is 0.388. The second-order valence-electron chi connectivity index (χ2n) is 8.07. The third-order valence-electron chi connectivity index (χ3n) is 4.78. The van der Waals surface area contributed by atoms with Crippen molar-refractivity contribution in [3.05, 3.63) is 24.0 Å². The predicted octanol–water partition coefficient (Wildman–Crippen LogP) is 4.31. The van der Waals surface area contributed by atoms with E-state index in [1.807, 2.05) is 0 Å². The Labute approximate surface area is 178 Å². The Bertz CT molecular complexity index is 688. The highest BCUT2D eigenvalue weighted by Gasteiger charge is 2.30. The van der Waals surface area contributed by atoms with E-state index in [1.165, 1.54) is 11.1 Å². The number of rotatable bonds is 6. The maximum absolute atomic E-state index is 12.8. The predicted molar refractivity (Wildman–Crippen MR) is 110 cm³/mol. The number of cyclic esters (lactones) is 1. The van der Waals surface area contributed by atoms with Crippen molar-refractivity contribution in [3.8, 4) is 0 Å². The summed E-state index contributed by atoms with van der Waals surface area (Å²) in [6, 6.07) is 0. The van der Waals surface area contributed by atoms with Crippen LogP contribution in [0.1, 0.15) is 59.8 Å². The molecule has 0 aromatic carbocycles. The Morgan fingerprint density at radius 2 is 1.97 bits per heavy atom. The van der Waals surface area contributed by atoms with Crippen LogP contribution in [0, 0.1) is 5.92 Å². The van der Waals surface area contributed by atoms with E-state index < -0.39 is 24.4 Å². The largest absolute Gasteiger partial charge is 0.447 e. The standard InChI is InChI=1S/C21H33N3O6/c1-14(2)29-19(25)22-24(21(27)30-15(3)4)18(13-23-10-11-28-20(23)26)12-17-9-7-6-8-16(17)5/h13-15,17H,5-12H2,1-4H3,(H,22,25)/b18-13-. The number of ether oxygens (including phenoxy) is 3. The van der Waals surface area contributed by atoms with Crippen LogP contribution in [0.15, 0.2) is 24.0 Å². The molecule has 1 aliphatic heterocycles. The average Bonchev–Trinajstić information content (AvgIpc) is 3.04. The van der Waals surface area contributed by atoms with Gasteiger partial charge in [0.15, 0.2) is 0 Å². The van der Waals surface area contributed by atoms with E-state index >= 15 is 0 Å². The van der Waals surface area contributed by atoms with Gasteiger partial charge in [0, 0.05) is 6.20 Å². The minimum Gasteiger partial charge on any atom is -0.447 e. The number of nitrogens with one attached hydrogen (secondary N) is 1. The maximum Gasteiger partial charge on any atom is 0.433 e. The minimum absolute atomic E-state index is 0.126. The molecule has 3 amide bonds. The van der Waals surface area contributed by atoms with Gasteiger partial charge in [0.1, 0.15) is 6.61 Å². The molecule has 30 heavy (non-hydrogen) atoms. The molecule has 9 heteroatoms. The first-order valence-electron chi connectivity index (χ1n) is 10.5. The van der Waals surface area contributed by atoms with Crippen LogP contribution in [0.5, 0.6) is 0 Å². The van der Waals surface area contributed by atoms with E-state index in [1.54, 1.807) is 27.7 Å². The van der Waals surface area contributed by atoms with Gasteiger partial charge in [0.25, 0.3) is 0 Å². The highest BCUT2D eigenvalue weighted by atomic mass is 16.6. The van der Waals surface area contributed by atoms with Gasteiger partial charge in [0.2, 0.25) is 0 Å². The summed E-state index contributed by atoms with van der Waals surface area (Å²) < 4.78 is 15.5. The van der Waals surface area contributed by atoms with Crippen LogP contribution in [0.3, 0.4) is 0 Å². The van der Waals surface area contributed by atoms with Crippen molar-refractivity contribution in [1.82, 2.24) is 15.3 Å². The molecule has 1 saturated carbocycles. The molecule has 2 fully saturated rings. The van der Waals surface area contributed by atoms with E-state index in [0.717, 1.165) is 36.3 Å². The summed E-state index contributed by atoms with van der Waals surface area (Å²) in [4.78, 5) is 38.5. The molecule has 0 spiro atoms. The van der Waals surface area contributed by atoms with E-state index in [4.69, 9.17) is 14.2 Å². The van der Waals surface area contributed by atoms with Crippen LogP contribution >= 0.6 is 0 Å². The van der Waals surface area contributed by atoms with E-state index in [-0.39, 0.29) is 18.6 Å². The van der Waals surface area contributed by atoms with Crippen LogP contribution in [0.25, 0.3) is 0 Å². The first kappa shape index (κ1) is 23.6. The Morgan fingerprint density at radius 3 is 2.53 bits per heavy atom. The van der Waals surface area contributed by atoms with Crippen molar-refractivity contribution in [1.29, 1.82) is 0 Å². The van der Waals surface area contributed by atoms with Gasteiger partial charge in [-0.2, -0.15) is 5.01 Å². The van der Waals surface area contributed by atoms with Crippen molar-refractivity contribution in [3.63, 3.8) is 0 Å². The van der Waals surface area contributed by atoms with Crippen molar-refractivity contribution < 1.29 is 28.6 Å². The fourth-order valence-electron chi connectivity index (χ4n) is 3.38. The van der Waals surface area contributed by atoms with Gasteiger partial charge in [-0.25, -0.2) is 19.8 Å². The van der Waals surface area contributed by atoms with E-state index in [0.29, 0.717) is 18.7 Å². The van der Waals surface area contributed by atoms with Gasteiger partial charge in [0.05, 0.1) is 24.4 Å². The lowest BCUT2D eigenvalue weighted by Crippen LogP contribution is -2.48. The van der Waals surface area contributed by atoms with Gasteiger partial charge < -0.3 is 14.2 Å². The molecule has 1 aliphatic carbocycles. The molecule has 168 valence electrons. The van der Waals surface area contributed by atoms with Crippen molar-refractivity contribution >= 4 is 18.3 Å². The first-order chi connectivity index (χ1) is 14.2. The monoisotopic (exact) mass is 423 g/mol. The number of hydrazine groups is 1. The first-order valence-corrected chi connectivity index (χ1v) is 10.5. The summed E-state index contributed by atoms with van der Waals surface area (Å²) in [6.07, 6.45) is 3.12. The number of hydrogen-bond acceptors (Lipinski definition) is 6.